The topological polar surface area (TPSA) is 65.1 Å². The van der Waals surface area contributed by atoms with Crippen LogP contribution in [0.1, 0.15) is 19.8 Å². The Balaban J connectivity index is 2.58. The lowest BCUT2D eigenvalue weighted by atomic mass is 10.2. The Hall–Kier alpha value is -0.810. The molecule has 5 nitrogen and oxygen atoms in total. The predicted octanol–water partition coefficient (Wildman–Crippen LogP) is 0.149. The van der Waals surface area contributed by atoms with Gasteiger partial charge in [0.05, 0.1) is 6.54 Å². The zero-order chi connectivity index (χ0) is 11.3. The molecule has 0 aromatic heterocycles. The van der Waals surface area contributed by atoms with Gasteiger partial charge in [0.15, 0.2) is 5.84 Å². The highest BCUT2D eigenvalue weighted by Crippen LogP contribution is 2.11. The van der Waals surface area contributed by atoms with Gasteiger partial charge >= 0.3 is 0 Å². The Morgan fingerprint density at radius 2 is 2.27 bits per heavy atom. The lowest BCUT2D eigenvalue weighted by Gasteiger charge is -2.29. The normalized spacial score (nSPS) is 26.5. The van der Waals surface area contributed by atoms with E-state index in [4.69, 9.17) is 10.9 Å². The first-order valence-corrected chi connectivity index (χ1v) is 5.56. The molecule has 0 radical (unpaired) electrons. The van der Waals surface area contributed by atoms with Crippen molar-refractivity contribution >= 4 is 5.84 Å². The third-order valence-electron chi connectivity index (χ3n) is 2.99. The first-order chi connectivity index (χ1) is 7.17. The minimum Gasteiger partial charge on any atom is -0.409 e. The van der Waals surface area contributed by atoms with Crippen LogP contribution >= 0.6 is 0 Å². The van der Waals surface area contributed by atoms with Crippen molar-refractivity contribution in [3.63, 3.8) is 0 Å². The van der Waals surface area contributed by atoms with Gasteiger partial charge in [-0.25, -0.2) is 0 Å². The van der Waals surface area contributed by atoms with Crippen LogP contribution in [0.3, 0.4) is 0 Å². The molecule has 0 aromatic carbocycles. The molecule has 1 saturated heterocycles. The van der Waals surface area contributed by atoms with Crippen molar-refractivity contribution in [1.82, 2.24) is 9.80 Å². The van der Waals surface area contributed by atoms with Crippen LogP contribution in [-0.4, -0.2) is 60.1 Å². The van der Waals surface area contributed by atoms with E-state index < -0.39 is 0 Å². The third kappa shape index (κ3) is 3.68. The molecular formula is C10H22N4O. The highest BCUT2D eigenvalue weighted by Gasteiger charge is 2.22. The van der Waals surface area contributed by atoms with Gasteiger partial charge in [-0.3, -0.25) is 4.90 Å². The molecule has 1 fully saturated rings. The smallest absolute Gasteiger partial charge is 0.153 e. The summed E-state index contributed by atoms with van der Waals surface area (Å²) in [7, 11) is 2.15. The highest BCUT2D eigenvalue weighted by molar-refractivity contribution is 5.81. The number of rotatable bonds is 3. The summed E-state index contributed by atoms with van der Waals surface area (Å²) in [5.74, 6) is 0.304. The van der Waals surface area contributed by atoms with Crippen LogP contribution < -0.4 is 5.73 Å². The molecular weight excluding hydrogens is 192 g/mol. The lowest BCUT2D eigenvalue weighted by Crippen LogP contribution is -2.44. The summed E-state index contributed by atoms with van der Waals surface area (Å²) in [6.45, 7) is 5.98. The Morgan fingerprint density at radius 3 is 2.87 bits per heavy atom. The number of nitrogens with two attached hydrogens (primary N) is 1. The van der Waals surface area contributed by atoms with Gasteiger partial charge in [-0.1, -0.05) is 12.1 Å². The van der Waals surface area contributed by atoms with Crippen LogP contribution in [0, 0.1) is 0 Å². The Kier molecular flexibility index (Phi) is 4.84. The highest BCUT2D eigenvalue weighted by atomic mass is 16.4. The first-order valence-electron chi connectivity index (χ1n) is 5.56. The largest absolute Gasteiger partial charge is 0.409 e. The van der Waals surface area contributed by atoms with E-state index in [1.807, 2.05) is 0 Å². The summed E-state index contributed by atoms with van der Waals surface area (Å²) in [5, 5.41) is 11.6. The maximum Gasteiger partial charge on any atom is 0.153 e. The van der Waals surface area contributed by atoms with E-state index in [9.17, 15) is 0 Å². The average Bonchev–Trinajstić information content (AvgIpc) is 2.40. The second-order valence-electron chi connectivity index (χ2n) is 4.24. The fraction of sp³-hybridized carbons (Fsp3) is 0.900. The number of likely N-dealkylation sites (N-methyl/N-ethyl adjacent to an activating group) is 1. The van der Waals surface area contributed by atoms with Crippen LogP contribution in [0.5, 0.6) is 0 Å². The molecule has 15 heavy (non-hydrogen) atoms. The van der Waals surface area contributed by atoms with Gasteiger partial charge in [-0.2, -0.15) is 0 Å². The van der Waals surface area contributed by atoms with E-state index in [1.165, 1.54) is 0 Å². The zero-order valence-electron chi connectivity index (χ0n) is 9.69. The molecule has 0 spiro atoms. The average molecular weight is 214 g/mol. The molecule has 0 aliphatic carbocycles. The van der Waals surface area contributed by atoms with Crippen LogP contribution in [0.25, 0.3) is 0 Å². The standard InChI is InChI=1S/C10H22N4O/c1-3-9-7-13(2)5-4-6-14(9)8-10(11)12-15/h9,15H,3-8H2,1-2H3,(H2,11,12). The molecule has 88 valence electrons. The van der Waals surface area contributed by atoms with Crippen LogP contribution in [-0.2, 0) is 0 Å². The fourth-order valence-electron chi connectivity index (χ4n) is 2.13. The summed E-state index contributed by atoms with van der Waals surface area (Å²) >= 11 is 0. The second-order valence-corrected chi connectivity index (χ2v) is 4.24. The van der Waals surface area contributed by atoms with Gasteiger partial charge in [0.1, 0.15) is 0 Å². The minimum atomic E-state index is 0.304. The van der Waals surface area contributed by atoms with E-state index in [2.05, 4.69) is 28.9 Å². The maximum absolute atomic E-state index is 8.57. The van der Waals surface area contributed by atoms with Gasteiger partial charge in [-0.05, 0) is 26.4 Å². The van der Waals surface area contributed by atoms with Crippen molar-refractivity contribution in [3.8, 4) is 0 Å². The second kappa shape index (κ2) is 5.92. The SMILES string of the molecule is CCC1CN(C)CCCN1CC(N)=NO. The fourth-order valence-corrected chi connectivity index (χ4v) is 2.13. The van der Waals surface area contributed by atoms with Crippen molar-refractivity contribution in [1.29, 1.82) is 0 Å². The van der Waals surface area contributed by atoms with Gasteiger partial charge < -0.3 is 15.8 Å². The molecule has 0 amide bonds. The summed E-state index contributed by atoms with van der Waals surface area (Å²) in [6.07, 6.45) is 2.24. The van der Waals surface area contributed by atoms with Crippen molar-refractivity contribution < 1.29 is 5.21 Å². The Bertz CT molecular complexity index is 219. The molecule has 1 unspecified atom stereocenters. The van der Waals surface area contributed by atoms with Crippen LogP contribution in [0.15, 0.2) is 5.16 Å². The van der Waals surface area contributed by atoms with Crippen molar-refractivity contribution in [2.45, 2.75) is 25.8 Å². The molecule has 0 bridgehead atoms. The molecule has 5 heteroatoms. The first kappa shape index (κ1) is 12.3. The van der Waals surface area contributed by atoms with E-state index in [0.29, 0.717) is 18.4 Å². The lowest BCUT2D eigenvalue weighted by molar-refractivity contribution is 0.203. The van der Waals surface area contributed by atoms with E-state index >= 15 is 0 Å². The Morgan fingerprint density at radius 1 is 1.53 bits per heavy atom. The summed E-state index contributed by atoms with van der Waals surface area (Å²) in [4.78, 5) is 4.65. The van der Waals surface area contributed by atoms with Gasteiger partial charge in [0, 0.05) is 19.1 Å². The molecule has 1 rings (SSSR count). The Labute approximate surface area is 91.5 Å². The van der Waals surface area contributed by atoms with E-state index in [-0.39, 0.29) is 0 Å². The third-order valence-corrected chi connectivity index (χ3v) is 2.99. The monoisotopic (exact) mass is 214 g/mol. The van der Waals surface area contributed by atoms with Crippen LogP contribution in [0.2, 0.25) is 0 Å². The molecule has 1 aliphatic rings. The van der Waals surface area contributed by atoms with Crippen LogP contribution in [0.4, 0.5) is 0 Å². The molecule has 1 atom stereocenters. The number of amidine groups is 1. The maximum atomic E-state index is 8.57. The molecule has 1 aliphatic heterocycles. The number of hydrogen-bond donors (Lipinski definition) is 2. The molecule has 1 heterocycles. The number of nitrogens with zero attached hydrogens (tertiary/aromatic N) is 3. The van der Waals surface area contributed by atoms with Crippen molar-refractivity contribution in [3.05, 3.63) is 0 Å². The molecule has 3 N–H and O–H groups in total. The summed E-state index contributed by atoms with van der Waals surface area (Å²) in [5.41, 5.74) is 5.55. The summed E-state index contributed by atoms with van der Waals surface area (Å²) < 4.78 is 0. The van der Waals surface area contributed by atoms with Gasteiger partial charge in [0.25, 0.3) is 0 Å². The summed E-state index contributed by atoms with van der Waals surface area (Å²) in [6, 6.07) is 0.512. The van der Waals surface area contributed by atoms with E-state index in [1.54, 1.807) is 0 Å². The minimum absolute atomic E-state index is 0.304. The zero-order valence-corrected chi connectivity index (χ0v) is 9.69. The number of oxime groups is 1. The quantitative estimate of drug-likeness (QED) is 0.304. The van der Waals surface area contributed by atoms with Crippen molar-refractivity contribution in [2.75, 3.05) is 33.2 Å². The van der Waals surface area contributed by atoms with Gasteiger partial charge in [-0.15, -0.1) is 0 Å². The number of hydrogen-bond acceptors (Lipinski definition) is 4. The molecule has 0 saturated carbocycles. The van der Waals surface area contributed by atoms with E-state index in [0.717, 1.165) is 32.5 Å². The predicted molar refractivity (Wildman–Crippen MR) is 61.2 cm³/mol. The van der Waals surface area contributed by atoms with Crippen molar-refractivity contribution in [2.24, 2.45) is 10.9 Å². The van der Waals surface area contributed by atoms with Gasteiger partial charge in [0.2, 0.25) is 0 Å². The molecule has 0 aromatic rings.